The minimum absolute atomic E-state index is 0.00961. The number of unbranched alkanes of at least 4 members (excludes halogenated alkanes) is 2. The number of carbonyl (C=O) groups excluding carboxylic acids is 5. The van der Waals surface area contributed by atoms with Crippen LogP contribution >= 0.6 is 0 Å². The third-order valence-corrected chi connectivity index (χ3v) is 4.83. The molecule has 26 heavy (non-hydrogen) atoms. The predicted octanol–water partition coefficient (Wildman–Crippen LogP) is -1.40. The quantitative estimate of drug-likeness (QED) is 0.277. The molecule has 2 rings (SSSR count). The first-order chi connectivity index (χ1) is 12.1. The first-order valence-corrected chi connectivity index (χ1v) is 9.14. The number of hydrogen-bond acceptors (Lipinski definition) is 9. The summed E-state index contributed by atoms with van der Waals surface area (Å²) in [6.45, 7) is 0.200. The molecule has 0 saturated carbocycles. The molecule has 1 saturated heterocycles. The molecule has 0 aromatic carbocycles. The lowest BCUT2D eigenvalue weighted by atomic mass is 10.2. The van der Waals surface area contributed by atoms with E-state index < -0.39 is 51.4 Å². The second-order valence-corrected chi connectivity index (χ2v) is 7.20. The van der Waals surface area contributed by atoms with Crippen LogP contribution in [0.3, 0.4) is 0 Å². The first-order valence-electron chi connectivity index (χ1n) is 7.67. The van der Waals surface area contributed by atoms with E-state index in [4.69, 9.17) is 0 Å². The maximum absolute atomic E-state index is 11.7. The van der Waals surface area contributed by atoms with E-state index in [1.165, 1.54) is 12.2 Å². The van der Waals surface area contributed by atoms with Gasteiger partial charge in [0.1, 0.15) is 15.4 Å². The second-order valence-electron chi connectivity index (χ2n) is 5.65. The molecule has 142 valence electrons. The van der Waals surface area contributed by atoms with Crippen LogP contribution in [0.4, 0.5) is 0 Å². The van der Waals surface area contributed by atoms with Gasteiger partial charge in [0.2, 0.25) is 0 Å². The minimum atomic E-state index is -5.01. The van der Waals surface area contributed by atoms with Gasteiger partial charge in [0.25, 0.3) is 23.6 Å². The topological polar surface area (TPSA) is 158 Å². The van der Waals surface area contributed by atoms with Gasteiger partial charge in [-0.2, -0.15) is 0 Å². The molecule has 2 heterocycles. The fraction of sp³-hybridized carbons (Fsp3) is 0.500. The van der Waals surface area contributed by atoms with Gasteiger partial charge in [-0.15, -0.1) is 5.06 Å². The Morgan fingerprint density at radius 2 is 1.73 bits per heavy atom. The third kappa shape index (κ3) is 4.52. The van der Waals surface area contributed by atoms with Crippen molar-refractivity contribution in [3.63, 3.8) is 0 Å². The Labute approximate surface area is 148 Å². The van der Waals surface area contributed by atoms with Crippen molar-refractivity contribution < 1.29 is 41.8 Å². The Hall–Kier alpha value is -2.60. The molecule has 0 aromatic heterocycles. The summed E-state index contributed by atoms with van der Waals surface area (Å²) >= 11 is 0. The van der Waals surface area contributed by atoms with E-state index in [-0.39, 0.29) is 18.0 Å². The second kappa shape index (κ2) is 7.74. The van der Waals surface area contributed by atoms with E-state index in [0.717, 1.165) is 4.90 Å². The van der Waals surface area contributed by atoms with Gasteiger partial charge in [0.05, 0.1) is 6.42 Å². The summed E-state index contributed by atoms with van der Waals surface area (Å²) in [4.78, 5) is 63.0. The highest BCUT2D eigenvalue weighted by Gasteiger charge is 2.45. The number of carbonyl (C=O) groups is 5. The van der Waals surface area contributed by atoms with Crippen molar-refractivity contribution >= 4 is 39.7 Å². The summed E-state index contributed by atoms with van der Waals surface area (Å²) in [5.74, 6) is -4.19. The highest BCUT2D eigenvalue weighted by molar-refractivity contribution is 7.87. The fourth-order valence-corrected chi connectivity index (χ4v) is 3.11. The number of hydroxylamine groups is 2. The molecule has 0 aliphatic carbocycles. The number of rotatable bonds is 8. The lowest BCUT2D eigenvalue weighted by Gasteiger charge is -2.15. The van der Waals surface area contributed by atoms with Gasteiger partial charge in [-0.1, -0.05) is 6.42 Å². The van der Waals surface area contributed by atoms with Crippen LogP contribution < -0.4 is 0 Å². The van der Waals surface area contributed by atoms with Gasteiger partial charge in [-0.25, -0.2) is 13.2 Å². The Bertz CT molecular complexity index is 768. The molecule has 0 N–H and O–H groups in total. The van der Waals surface area contributed by atoms with Gasteiger partial charge >= 0.3 is 5.97 Å². The van der Waals surface area contributed by atoms with Crippen molar-refractivity contribution in [2.45, 2.75) is 37.4 Å². The Kier molecular flexibility index (Phi) is 5.87. The van der Waals surface area contributed by atoms with Crippen LogP contribution in [-0.2, 0) is 38.9 Å². The summed E-state index contributed by atoms with van der Waals surface area (Å²) in [5, 5.41) is -2.07. The maximum Gasteiger partial charge on any atom is 0.333 e. The van der Waals surface area contributed by atoms with Crippen LogP contribution in [0.25, 0.3) is 0 Å². The van der Waals surface area contributed by atoms with Crippen LogP contribution in [0, 0.1) is 0 Å². The van der Waals surface area contributed by atoms with Crippen molar-refractivity contribution in [3.05, 3.63) is 12.2 Å². The minimum Gasteiger partial charge on any atom is -0.747 e. The van der Waals surface area contributed by atoms with Crippen LogP contribution in [0.2, 0.25) is 0 Å². The molecule has 1 fully saturated rings. The van der Waals surface area contributed by atoms with E-state index >= 15 is 0 Å². The van der Waals surface area contributed by atoms with Crippen LogP contribution in [0.1, 0.15) is 32.1 Å². The summed E-state index contributed by atoms with van der Waals surface area (Å²) in [6, 6.07) is 0. The first kappa shape index (κ1) is 19.7. The molecular formula is C14H15N2O9S-. The van der Waals surface area contributed by atoms with Crippen molar-refractivity contribution in [1.82, 2.24) is 9.96 Å². The van der Waals surface area contributed by atoms with E-state index in [1.807, 2.05) is 0 Å². The molecule has 1 atom stereocenters. The smallest absolute Gasteiger partial charge is 0.333 e. The highest BCUT2D eigenvalue weighted by atomic mass is 32.2. The van der Waals surface area contributed by atoms with Crippen molar-refractivity contribution in [2.24, 2.45) is 0 Å². The van der Waals surface area contributed by atoms with Crippen molar-refractivity contribution in [1.29, 1.82) is 0 Å². The highest BCUT2D eigenvalue weighted by Crippen LogP contribution is 2.20. The van der Waals surface area contributed by atoms with Crippen LogP contribution in [-0.4, -0.2) is 64.3 Å². The molecular weight excluding hydrogens is 372 g/mol. The van der Waals surface area contributed by atoms with Gasteiger partial charge in [0, 0.05) is 25.1 Å². The molecule has 11 nitrogen and oxygen atoms in total. The number of amides is 4. The summed E-state index contributed by atoms with van der Waals surface area (Å²) in [7, 11) is -5.01. The van der Waals surface area contributed by atoms with Crippen LogP contribution in [0.15, 0.2) is 12.2 Å². The van der Waals surface area contributed by atoms with E-state index in [2.05, 4.69) is 4.84 Å². The molecule has 1 unspecified atom stereocenters. The SMILES string of the molecule is O=C(CCCCCN1C(=O)C=CC1=O)ON1C(=O)CC(S(=O)(=O)[O-])C1=O. The Balaban J connectivity index is 1.71. The van der Waals surface area contributed by atoms with Gasteiger partial charge in [0.15, 0.2) is 0 Å². The third-order valence-electron chi connectivity index (χ3n) is 3.77. The molecule has 2 aliphatic heterocycles. The Morgan fingerprint density at radius 1 is 1.12 bits per heavy atom. The lowest BCUT2D eigenvalue weighted by Crippen LogP contribution is -2.36. The molecule has 12 heteroatoms. The molecule has 0 spiro atoms. The zero-order chi connectivity index (χ0) is 19.5. The molecule has 2 aliphatic rings. The van der Waals surface area contributed by atoms with Gasteiger partial charge < -0.3 is 9.39 Å². The zero-order valence-corrected chi connectivity index (χ0v) is 14.3. The molecule has 0 bridgehead atoms. The number of nitrogens with zero attached hydrogens (tertiary/aromatic N) is 2. The van der Waals surface area contributed by atoms with Crippen LogP contribution in [0.5, 0.6) is 0 Å². The van der Waals surface area contributed by atoms with Crippen molar-refractivity contribution in [3.8, 4) is 0 Å². The average Bonchev–Trinajstić information content (AvgIpc) is 3.01. The number of imide groups is 2. The normalized spacial score (nSPS) is 20.4. The van der Waals surface area contributed by atoms with Gasteiger partial charge in [-0.3, -0.25) is 24.1 Å². The largest absolute Gasteiger partial charge is 0.747 e. The molecule has 4 amide bonds. The standard InChI is InChI=1S/C14H16N2O9S/c17-10-5-6-11(18)15(10)7-3-1-2-4-13(20)25-16-12(19)8-9(14(16)21)26(22,23)24/h5-6,9H,1-4,7-8H2,(H,22,23,24)/p-1. The monoisotopic (exact) mass is 387 g/mol. The Morgan fingerprint density at radius 3 is 2.27 bits per heavy atom. The average molecular weight is 387 g/mol. The summed E-state index contributed by atoms with van der Waals surface area (Å²) in [6.07, 6.45) is 2.51. The maximum atomic E-state index is 11.7. The van der Waals surface area contributed by atoms with E-state index in [1.54, 1.807) is 0 Å². The summed E-state index contributed by atoms with van der Waals surface area (Å²) < 4.78 is 32.6. The molecule has 0 aromatic rings. The summed E-state index contributed by atoms with van der Waals surface area (Å²) in [5.41, 5.74) is 0. The van der Waals surface area contributed by atoms with Gasteiger partial charge in [-0.05, 0) is 12.8 Å². The predicted molar refractivity (Wildman–Crippen MR) is 80.4 cm³/mol. The van der Waals surface area contributed by atoms with E-state index in [0.29, 0.717) is 19.3 Å². The van der Waals surface area contributed by atoms with E-state index in [9.17, 15) is 36.9 Å². The van der Waals surface area contributed by atoms with Crippen molar-refractivity contribution in [2.75, 3.05) is 6.54 Å². The lowest BCUT2D eigenvalue weighted by molar-refractivity contribution is -0.197. The molecule has 0 radical (unpaired) electrons. The fourth-order valence-electron chi connectivity index (χ4n) is 2.42. The zero-order valence-electron chi connectivity index (χ0n) is 13.5. The number of hydrogen-bond donors (Lipinski definition) is 0.